The highest BCUT2D eigenvalue weighted by Crippen LogP contribution is 2.33. The van der Waals surface area contributed by atoms with Gasteiger partial charge in [-0.3, -0.25) is 14.5 Å². The van der Waals surface area contributed by atoms with Gasteiger partial charge in [-0.25, -0.2) is 9.97 Å². The lowest BCUT2D eigenvalue weighted by molar-refractivity contribution is -0.122. The normalized spacial score (nSPS) is 16.7. The van der Waals surface area contributed by atoms with E-state index in [0.717, 1.165) is 66.5 Å². The number of amides is 2. The number of carbonyl (C=O) groups is 2. The van der Waals surface area contributed by atoms with Crippen LogP contribution in [0.3, 0.4) is 0 Å². The second-order valence-corrected chi connectivity index (χ2v) is 10.6. The number of aromatic nitrogens is 2. The average molecular weight is 482 g/mol. The number of carbonyl (C=O) groups excluding carboxylic acids is 2. The number of benzene rings is 1. The van der Waals surface area contributed by atoms with Gasteiger partial charge < -0.3 is 10.2 Å². The number of fused-ring (bicyclic) bond motifs is 1. The standard InChI is InChI=1S/C24H27N5O2S2/c1-15-13-33-24(25-15)27-23(31)17-5-8-28(9-6-17)12-22(30)29-10-7-19-11-18(3-4-21(19)29)20-14-32-16(2)26-20/h3-4,11,13-14,17H,5-10,12H2,1-2H3,(H,25,27,31). The van der Waals surface area contributed by atoms with Gasteiger partial charge in [-0.2, -0.15) is 0 Å². The van der Waals surface area contributed by atoms with Gasteiger partial charge in [0, 0.05) is 34.5 Å². The quantitative estimate of drug-likeness (QED) is 0.593. The van der Waals surface area contributed by atoms with Gasteiger partial charge >= 0.3 is 0 Å². The summed E-state index contributed by atoms with van der Waals surface area (Å²) < 4.78 is 0. The first-order chi connectivity index (χ1) is 16.0. The Kier molecular flexibility index (Phi) is 6.27. The summed E-state index contributed by atoms with van der Waals surface area (Å²) in [6, 6.07) is 6.29. The Morgan fingerprint density at radius 3 is 2.61 bits per heavy atom. The highest BCUT2D eigenvalue weighted by Gasteiger charge is 2.30. The number of rotatable bonds is 5. The van der Waals surface area contributed by atoms with E-state index in [-0.39, 0.29) is 17.7 Å². The highest BCUT2D eigenvalue weighted by atomic mass is 32.1. The van der Waals surface area contributed by atoms with Crippen LogP contribution in [-0.4, -0.2) is 52.9 Å². The van der Waals surface area contributed by atoms with Crippen LogP contribution >= 0.6 is 22.7 Å². The first-order valence-electron chi connectivity index (χ1n) is 11.3. The van der Waals surface area contributed by atoms with Gasteiger partial charge in [0.1, 0.15) is 0 Å². The number of aryl methyl sites for hydroxylation is 2. The molecule has 3 aromatic rings. The van der Waals surface area contributed by atoms with E-state index >= 15 is 0 Å². The molecule has 1 saturated heterocycles. The molecule has 0 unspecified atom stereocenters. The third-order valence-corrected chi connectivity index (χ3v) is 8.01. The molecule has 1 fully saturated rings. The molecule has 7 nitrogen and oxygen atoms in total. The minimum atomic E-state index is -0.0270. The molecule has 0 spiro atoms. The fraction of sp³-hybridized carbons (Fsp3) is 0.417. The zero-order chi connectivity index (χ0) is 22.9. The van der Waals surface area contributed by atoms with Crippen LogP contribution in [0.4, 0.5) is 10.8 Å². The molecule has 5 rings (SSSR count). The SMILES string of the molecule is Cc1csc(NC(=O)C2CCN(CC(=O)N3CCc4cc(-c5csc(C)n5)ccc43)CC2)n1. The molecule has 2 aliphatic rings. The molecule has 9 heteroatoms. The molecule has 2 aliphatic heterocycles. The largest absolute Gasteiger partial charge is 0.311 e. The summed E-state index contributed by atoms with van der Waals surface area (Å²) in [4.78, 5) is 38.6. The highest BCUT2D eigenvalue weighted by molar-refractivity contribution is 7.13. The molecule has 0 aliphatic carbocycles. The molecule has 2 aromatic heterocycles. The first kappa shape index (κ1) is 22.2. The van der Waals surface area contributed by atoms with Crippen molar-refractivity contribution in [1.29, 1.82) is 0 Å². The second-order valence-electron chi connectivity index (χ2n) is 8.72. The maximum atomic E-state index is 13.1. The third-order valence-electron chi connectivity index (χ3n) is 6.36. The molecule has 2 amide bonds. The molecule has 0 radical (unpaired) electrons. The molecular weight excluding hydrogens is 454 g/mol. The van der Waals surface area contributed by atoms with Crippen molar-refractivity contribution < 1.29 is 9.59 Å². The summed E-state index contributed by atoms with van der Waals surface area (Å²) in [5.41, 5.74) is 5.26. The van der Waals surface area contributed by atoms with Crippen molar-refractivity contribution >= 4 is 45.3 Å². The van der Waals surface area contributed by atoms with E-state index in [1.807, 2.05) is 24.1 Å². The van der Waals surface area contributed by atoms with E-state index < -0.39 is 0 Å². The minimum Gasteiger partial charge on any atom is -0.311 e. The number of hydrogen-bond donors (Lipinski definition) is 1. The van der Waals surface area contributed by atoms with Crippen molar-refractivity contribution in [3.63, 3.8) is 0 Å². The Balaban J connectivity index is 1.15. The zero-order valence-corrected chi connectivity index (χ0v) is 20.5. The summed E-state index contributed by atoms with van der Waals surface area (Å²) in [6.45, 7) is 6.55. The fourth-order valence-corrected chi connectivity index (χ4v) is 5.88. The molecule has 0 atom stereocenters. The number of piperidine rings is 1. The number of thiazole rings is 2. The zero-order valence-electron chi connectivity index (χ0n) is 18.8. The van der Waals surface area contributed by atoms with Gasteiger partial charge in [0.05, 0.1) is 22.9 Å². The predicted molar refractivity (Wildman–Crippen MR) is 133 cm³/mol. The fourth-order valence-electron chi connectivity index (χ4n) is 4.56. The van der Waals surface area contributed by atoms with Gasteiger partial charge in [-0.1, -0.05) is 6.07 Å². The summed E-state index contributed by atoms with van der Waals surface area (Å²) in [7, 11) is 0. The van der Waals surface area contributed by atoms with E-state index in [9.17, 15) is 9.59 Å². The summed E-state index contributed by atoms with van der Waals surface area (Å²) in [5.74, 6) is 0.142. The van der Waals surface area contributed by atoms with Gasteiger partial charge in [0.15, 0.2) is 5.13 Å². The van der Waals surface area contributed by atoms with Crippen molar-refractivity contribution in [1.82, 2.24) is 14.9 Å². The summed E-state index contributed by atoms with van der Waals surface area (Å²) >= 11 is 3.10. The lowest BCUT2D eigenvalue weighted by Gasteiger charge is -2.31. The van der Waals surface area contributed by atoms with Crippen molar-refractivity contribution in [2.75, 3.05) is 36.4 Å². The van der Waals surface area contributed by atoms with Gasteiger partial charge in [0.25, 0.3) is 0 Å². The van der Waals surface area contributed by atoms with Gasteiger partial charge in [-0.05, 0) is 63.9 Å². The molecular formula is C24H27N5O2S2. The van der Waals surface area contributed by atoms with Crippen LogP contribution in [0.2, 0.25) is 0 Å². The van der Waals surface area contributed by atoms with Crippen LogP contribution in [-0.2, 0) is 16.0 Å². The van der Waals surface area contributed by atoms with Crippen LogP contribution in [0.15, 0.2) is 29.0 Å². The van der Waals surface area contributed by atoms with Crippen LogP contribution < -0.4 is 10.2 Å². The first-order valence-corrected chi connectivity index (χ1v) is 13.0. The minimum absolute atomic E-state index is 0.0270. The Bertz CT molecular complexity index is 1180. The number of anilines is 2. The average Bonchev–Trinajstić information content (AvgIpc) is 3.53. The summed E-state index contributed by atoms with van der Waals surface area (Å²) in [5, 5.41) is 8.66. The third kappa shape index (κ3) is 4.85. The molecule has 1 aromatic carbocycles. The smallest absolute Gasteiger partial charge is 0.241 e. The van der Waals surface area contributed by atoms with Crippen LogP contribution in [0.5, 0.6) is 0 Å². The predicted octanol–water partition coefficient (Wildman–Crippen LogP) is 4.12. The Hall–Kier alpha value is -2.62. The number of nitrogens with zero attached hydrogens (tertiary/aromatic N) is 4. The van der Waals surface area contributed by atoms with Crippen LogP contribution in [0.25, 0.3) is 11.3 Å². The van der Waals surface area contributed by atoms with Gasteiger partial charge in [0.2, 0.25) is 11.8 Å². The topological polar surface area (TPSA) is 78.4 Å². The Morgan fingerprint density at radius 1 is 1.09 bits per heavy atom. The monoisotopic (exact) mass is 481 g/mol. The molecule has 33 heavy (non-hydrogen) atoms. The van der Waals surface area contributed by atoms with Crippen molar-refractivity contribution in [3.05, 3.63) is 45.2 Å². The number of nitrogens with one attached hydrogen (secondary N) is 1. The van der Waals surface area contributed by atoms with Gasteiger partial charge in [-0.15, -0.1) is 22.7 Å². The molecule has 172 valence electrons. The van der Waals surface area contributed by atoms with E-state index in [4.69, 9.17) is 0 Å². The van der Waals surface area contributed by atoms with Crippen molar-refractivity contribution in [2.45, 2.75) is 33.1 Å². The van der Waals surface area contributed by atoms with Crippen molar-refractivity contribution in [3.8, 4) is 11.3 Å². The Labute approximate surface area is 201 Å². The summed E-state index contributed by atoms with van der Waals surface area (Å²) in [6.07, 6.45) is 2.39. The molecule has 1 N–H and O–H groups in total. The number of likely N-dealkylation sites (tertiary alicyclic amines) is 1. The molecule has 0 bridgehead atoms. The molecule has 4 heterocycles. The van der Waals surface area contributed by atoms with E-state index in [0.29, 0.717) is 11.7 Å². The van der Waals surface area contributed by atoms with Crippen LogP contribution in [0, 0.1) is 19.8 Å². The number of hydrogen-bond acceptors (Lipinski definition) is 7. The van der Waals surface area contributed by atoms with E-state index in [1.54, 1.807) is 11.3 Å². The van der Waals surface area contributed by atoms with E-state index in [2.05, 4.69) is 43.8 Å². The maximum absolute atomic E-state index is 13.1. The second kappa shape index (κ2) is 9.32. The lowest BCUT2D eigenvalue weighted by atomic mass is 9.96. The Morgan fingerprint density at radius 2 is 1.91 bits per heavy atom. The van der Waals surface area contributed by atoms with Crippen molar-refractivity contribution in [2.24, 2.45) is 5.92 Å². The lowest BCUT2D eigenvalue weighted by Crippen LogP contribution is -2.44. The van der Waals surface area contributed by atoms with E-state index in [1.165, 1.54) is 16.9 Å². The van der Waals surface area contributed by atoms with Crippen LogP contribution in [0.1, 0.15) is 29.1 Å². The molecule has 0 saturated carbocycles. The maximum Gasteiger partial charge on any atom is 0.241 e.